The molecule has 1 unspecified atom stereocenters. The molecule has 0 aliphatic heterocycles. The first-order chi connectivity index (χ1) is 11.6. The molecule has 0 saturated heterocycles. The third-order valence-corrected chi connectivity index (χ3v) is 4.70. The number of rotatable bonds is 5. The number of tetrazole rings is 1. The number of hydrogen-bond donors (Lipinski definition) is 1. The minimum atomic E-state index is -0.313. The van der Waals surface area contributed by atoms with Gasteiger partial charge < -0.3 is 5.32 Å². The SMILES string of the molecule is CC(Sc1nnnn1C(C)C)C(=O)Nc1cccc2ccccc12. The fraction of sp³-hybridized carbons (Fsp3) is 0.294. The molecule has 6 nitrogen and oxygen atoms in total. The van der Waals surface area contributed by atoms with Gasteiger partial charge in [-0.3, -0.25) is 4.79 Å². The highest BCUT2D eigenvalue weighted by Crippen LogP contribution is 2.26. The quantitative estimate of drug-likeness (QED) is 0.719. The summed E-state index contributed by atoms with van der Waals surface area (Å²) in [6.45, 7) is 5.85. The molecule has 1 amide bonds. The fourth-order valence-electron chi connectivity index (χ4n) is 2.37. The van der Waals surface area contributed by atoms with Gasteiger partial charge in [0.1, 0.15) is 0 Å². The number of amides is 1. The Labute approximate surface area is 144 Å². The van der Waals surface area contributed by atoms with Crippen molar-refractivity contribution in [3.05, 3.63) is 42.5 Å². The maximum atomic E-state index is 12.6. The van der Waals surface area contributed by atoms with Crippen LogP contribution < -0.4 is 5.32 Å². The third kappa shape index (κ3) is 3.41. The molecule has 0 aliphatic carbocycles. The molecule has 0 aliphatic rings. The number of anilines is 1. The molecule has 0 saturated carbocycles. The molecular weight excluding hydrogens is 322 g/mol. The zero-order valence-electron chi connectivity index (χ0n) is 13.8. The molecule has 0 spiro atoms. The standard InChI is InChI=1S/C17H19N5OS/c1-11(2)22-17(19-20-21-22)24-12(3)16(23)18-15-10-6-8-13-7-4-5-9-14(13)15/h4-12H,1-3H3,(H,18,23). The molecular formula is C17H19N5OS. The Morgan fingerprint density at radius 3 is 2.67 bits per heavy atom. The van der Waals surface area contributed by atoms with Crippen LogP contribution in [-0.4, -0.2) is 31.4 Å². The highest BCUT2D eigenvalue weighted by molar-refractivity contribution is 8.00. The van der Waals surface area contributed by atoms with Gasteiger partial charge >= 0.3 is 0 Å². The van der Waals surface area contributed by atoms with Gasteiger partial charge in [0, 0.05) is 11.1 Å². The van der Waals surface area contributed by atoms with E-state index in [1.54, 1.807) is 4.68 Å². The van der Waals surface area contributed by atoms with Crippen molar-refractivity contribution in [2.24, 2.45) is 0 Å². The summed E-state index contributed by atoms with van der Waals surface area (Å²) in [4.78, 5) is 12.6. The van der Waals surface area contributed by atoms with Crippen molar-refractivity contribution in [1.29, 1.82) is 0 Å². The number of fused-ring (bicyclic) bond motifs is 1. The lowest BCUT2D eigenvalue weighted by Gasteiger charge is -2.14. The fourth-order valence-corrected chi connectivity index (χ4v) is 3.29. The monoisotopic (exact) mass is 341 g/mol. The van der Waals surface area contributed by atoms with Crippen LogP contribution >= 0.6 is 11.8 Å². The van der Waals surface area contributed by atoms with E-state index < -0.39 is 0 Å². The van der Waals surface area contributed by atoms with Gasteiger partial charge in [0.2, 0.25) is 11.1 Å². The first-order valence-electron chi connectivity index (χ1n) is 7.79. The van der Waals surface area contributed by atoms with E-state index in [9.17, 15) is 4.79 Å². The number of nitrogens with zero attached hydrogens (tertiary/aromatic N) is 4. The second-order valence-electron chi connectivity index (χ2n) is 5.78. The summed E-state index contributed by atoms with van der Waals surface area (Å²) in [6, 6.07) is 14.0. The zero-order valence-corrected chi connectivity index (χ0v) is 14.6. The van der Waals surface area contributed by atoms with Gasteiger partial charge in [-0.05, 0) is 42.7 Å². The smallest absolute Gasteiger partial charge is 0.237 e. The number of carbonyl (C=O) groups is 1. The average Bonchev–Trinajstić information content (AvgIpc) is 3.03. The van der Waals surface area contributed by atoms with E-state index in [0.717, 1.165) is 16.5 Å². The Hall–Kier alpha value is -2.41. The van der Waals surface area contributed by atoms with Crippen molar-refractivity contribution in [1.82, 2.24) is 20.2 Å². The number of thioether (sulfide) groups is 1. The van der Waals surface area contributed by atoms with Crippen LogP contribution in [-0.2, 0) is 4.79 Å². The highest BCUT2D eigenvalue weighted by Gasteiger charge is 2.20. The van der Waals surface area contributed by atoms with Crippen molar-refractivity contribution in [3.8, 4) is 0 Å². The summed E-state index contributed by atoms with van der Waals surface area (Å²) in [6.07, 6.45) is 0. The molecule has 1 N–H and O–H groups in total. The van der Waals surface area contributed by atoms with E-state index in [2.05, 4.69) is 20.8 Å². The van der Waals surface area contributed by atoms with Crippen LogP contribution in [0.5, 0.6) is 0 Å². The minimum Gasteiger partial charge on any atom is -0.325 e. The van der Waals surface area contributed by atoms with E-state index >= 15 is 0 Å². The topological polar surface area (TPSA) is 72.7 Å². The van der Waals surface area contributed by atoms with Crippen LogP contribution in [0.25, 0.3) is 10.8 Å². The number of benzene rings is 2. The lowest BCUT2D eigenvalue weighted by atomic mass is 10.1. The van der Waals surface area contributed by atoms with Crippen LogP contribution in [0.1, 0.15) is 26.8 Å². The summed E-state index contributed by atoms with van der Waals surface area (Å²) in [5.41, 5.74) is 0.814. The zero-order chi connectivity index (χ0) is 17.1. The Balaban J connectivity index is 1.75. The normalized spacial score (nSPS) is 12.5. The Bertz CT molecular complexity index is 856. The second-order valence-corrected chi connectivity index (χ2v) is 7.08. The molecule has 3 aromatic rings. The predicted molar refractivity (Wildman–Crippen MR) is 96.1 cm³/mol. The molecule has 0 bridgehead atoms. The molecule has 1 heterocycles. The van der Waals surface area contributed by atoms with E-state index in [0.29, 0.717) is 5.16 Å². The minimum absolute atomic E-state index is 0.0744. The summed E-state index contributed by atoms with van der Waals surface area (Å²) >= 11 is 1.35. The van der Waals surface area contributed by atoms with Gasteiger partial charge in [0.15, 0.2) is 0 Å². The summed E-state index contributed by atoms with van der Waals surface area (Å²) in [5, 5.41) is 17.1. The predicted octanol–water partition coefficient (Wildman–Crippen LogP) is 3.53. The summed E-state index contributed by atoms with van der Waals surface area (Å²) < 4.78 is 1.71. The van der Waals surface area contributed by atoms with Crippen molar-refractivity contribution in [3.63, 3.8) is 0 Å². The van der Waals surface area contributed by atoms with Crippen molar-refractivity contribution in [2.45, 2.75) is 37.2 Å². The van der Waals surface area contributed by atoms with E-state index in [1.807, 2.05) is 63.2 Å². The maximum absolute atomic E-state index is 12.6. The van der Waals surface area contributed by atoms with Crippen LogP contribution in [0.2, 0.25) is 0 Å². The molecule has 124 valence electrons. The summed E-state index contributed by atoms with van der Waals surface area (Å²) in [7, 11) is 0. The number of aromatic nitrogens is 4. The number of nitrogens with one attached hydrogen (secondary N) is 1. The summed E-state index contributed by atoms with van der Waals surface area (Å²) in [5.74, 6) is -0.0744. The second kappa shape index (κ2) is 7.00. The first kappa shape index (κ1) is 16.4. The van der Waals surface area contributed by atoms with Gasteiger partial charge in [-0.15, -0.1) is 5.10 Å². The van der Waals surface area contributed by atoms with Crippen molar-refractivity contribution in [2.75, 3.05) is 5.32 Å². The van der Waals surface area contributed by atoms with Gasteiger partial charge in [0.25, 0.3) is 0 Å². The molecule has 0 radical (unpaired) electrons. The van der Waals surface area contributed by atoms with Gasteiger partial charge in [-0.2, -0.15) is 0 Å². The van der Waals surface area contributed by atoms with Crippen LogP contribution in [0.3, 0.4) is 0 Å². The number of hydrogen-bond acceptors (Lipinski definition) is 5. The van der Waals surface area contributed by atoms with Gasteiger partial charge in [-0.25, -0.2) is 4.68 Å². The molecule has 7 heteroatoms. The van der Waals surface area contributed by atoms with E-state index in [1.165, 1.54) is 11.8 Å². The largest absolute Gasteiger partial charge is 0.325 e. The molecule has 1 aromatic heterocycles. The molecule has 1 atom stereocenters. The Kier molecular flexibility index (Phi) is 4.80. The Morgan fingerprint density at radius 2 is 1.88 bits per heavy atom. The maximum Gasteiger partial charge on any atom is 0.237 e. The average molecular weight is 341 g/mol. The highest BCUT2D eigenvalue weighted by atomic mass is 32.2. The van der Waals surface area contributed by atoms with Gasteiger partial charge in [-0.1, -0.05) is 48.2 Å². The molecule has 2 aromatic carbocycles. The third-order valence-electron chi connectivity index (χ3n) is 3.65. The first-order valence-corrected chi connectivity index (χ1v) is 8.67. The van der Waals surface area contributed by atoms with E-state index in [4.69, 9.17) is 0 Å². The van der Waals surface area contributed by atoms with E-state index in [-0.39, 0.29) is 17.2 Å². The van der Waals surface area contributed by atoms with Crippen LogP contribution in [0, 0.1) is 0 Å². The Morgan fingerprint density at radius 1 is 1.12 bits per heavy atom. The number of carbonyl (C=O) groups excluding carboxylic acids is 1. The lowest BCUT2D eigenvalue weighted by Crippen LogP contribution is -2.23. The van der Waals surface area contributed by atoms with Crippen molar-refractivity contribution < 1.29 is 4.79 Å². The molecule has 3 rings (SSSR count). The van der Waals surface area contributed by atoms with Crippen LogP contribution in [0.15, 0.2) is 47.6 Å². The van der Waals surface area contributed by atoms with Gasteiger partial charge in [0.05, 0.1) is 11.3 Å². The molecule has 24 heavy (non-hydrogen) atoms. The lowest BCUT2D eigenvalue weighted by molar-refractivity contribution is -0.115. The molecule has 0 fully saturated rings. The van der Waals surface area contributed by atoms with Crippen molar-refractivity contribution >= 4 is 34.1 Å². The van der Waals surface area contributed by atoms with Crippen LogP contribution in [0.4, 0.5) is 5.69 Å².